The van der Waals surface area contributed by atoms with Crippen LogP contribution in [0.1, 0.15) is 16.7 Å². The van der Waals surface area contributed by atoms with Gasteiger partial charge in [0.25, 0.3) is 0 Å². The lowest BCUT2D eigenvalue weighted by molar-refractivity contribution is 0.370. The van der Waals surface area contributed by atoms with Gasteiger partial charge in [0.1, 0.15) is 5.75 Å². The van der Waals surface area contributed by atoms with E-state index in [1.807, 2.05) is 11.9 Å². The zero-order valence-corrected chi connectivity index (χ0v) is 11.1. The van der Waals surface area contributed by atoms with Gasteiger partial charge in [0, 0.05) is 6.54 Å². The van der Waals surface area contributed by atoms with E-state index >= 15 is 0 Å². The second-order valence-electron chi connectivity index (χ2n) is 4.41. The number of ether oxygens (including phenoxy) is 1. The van der Waals surface area contributed by atoms with Crippen LogP contribution < -0.4 is 4.74 Å². The number of methoxy groups -OCH3 is 1. The van der Waals surface area contributed by atoms with Crippen LogP contribution in [0.3, 0.4) is 0 Å². The second-order valence-corrected chi connectivity index (χ2v) is 4.41. The van der Waals surface area contributed by atoms with Crippen molar-refractivity contribution in [3.63, 3.8) is 0 Å². The van der Waals surface area contributed by atoms with Crippen LogP contribution in [0.15, 0.2) is 12.1 Å². The summed E-state index contributed by atoms with van der Waals surface area (Å²) in [7, 11) is 3.66. The van der Waals surface area contributed by atoms with E-state index < -0.39 is 0 Å². The number of nitriles is 1. The monoisotopic (exact) mass is 232 g/mol. The van der Waals surface area contributed by atoms with Crippen molar-refractivity contribution in [3.8, 4) is 11.8 Å². The summed E-state index contributed by atoms with van der Waals surface area (Å²) in [6, 6.07) is 6.38. The molecule has 3 heteroatoms. The summed E-state index contributed by atoms with van der Waals surface area (Å²) in [6.07, 6.45) is 0.910. The van der Waals surface area contributed by atoms with Gasteiger partial charge >= 0.3 is 0 Å². The zero-order chi connectivity index (χ0) is 12.8. The summed E-state index contributed by atoms with van der Waals surface area (Å²) in [4.78, 5) is 2.01. The number of nitrogens with zero attached hydrogens (tertiary/aromatic N) is 2. The maximum atomic E-state index is 8.61. The molecule has 17 heavy (non-hydrogen) atoms. The molecule has 92 valence electrons. The number of benzene rings is 1. The van der Waals surface area contributed by atoms with Gasteiger partial charge in [-0.1, -0.05) is 6.07 Å². The maximum Gasteiger partial charge on any atom is 0.122 e. The SMILES string of the molecule is COc1cc(C)cc(C)c1CCN(C)CC#N. The van der Waals surface area contributed by atoms with Gasteiger partial charge in [0.05, 0.1) is 19.7 Å². The molecule has 0 aliphatic heterocycles. The fraction of sp³-hybridized carbons (Fsp3) is 0.500. The molecule has 0 atom stereocenters. The normalized spacial score (nSPS) is 10.4. The second kappa shape index (κ2) is 6.27. The molecular formula is C14H20N2O. The molecule has 1 rings (SSSR count). The van der Waals surface area contributed by atoms with Crippen molar-refractivity contribution >= 4 is 0 Å². The Labute approximate surface area is 104 Å². The highest BCUT2D eigenvalue weighted by molar-refractivity contribution is 5.43. The largest absolute Gasteiger partial charge is 0.496 e. The van der Waals surface area contributed by atoms with Crippen LogP contribution in [0.4, 0.5) is 0 Å². The van der Waals surface area contributed by atoms with Gasteiger partial charge in [-0.25, -0.2) is 0 Å². The molecule has 0 spiro atoms. The minimum Gasteiger partial charge on any atom is -0.496 e. The zero-order valence-electron chi connectivity index (χ0n) is 11.1. The molecule has 0 amide bonds. The van der Waals surface area contributed by atoms with Crippen LogP contribution >= 0.6 is 0 Å². The number of rotatable bonds is 5. The molecule has 0 aliphatic carbocycles. The molecule has 0 saturated heterocycles. The Balaban J connectivity index is 2.80. The van der Waals surface area contributed by atoms with Crippen LogP contribution in [0.5, 0.6) is 5.75 Å². The quantitative estimate of drug-likeness (QED) is 0.731. The average Bonchev–Trinajstić information content (AvgIpc) is 2.27. The number of hydrogen-bond acceptors (Lipinski definition) is 3. The van der Waals surface area contributed by atoms with E-state index in [0.717, 1.165) is 18.7 Å². The molecule has 0 radical (unpaired) electrons. The molecule has 0 aliphatic rings. The topological polar surface area (TPSA) is 36.3 Å². The van der Waals surface area contributed by atoms with Crippen LogP contribution in [-0.4, -0.2) is 32.1 Å². The summed E-state index contributed by atoms with van der Waals surface area (Å²) in [5, 5.41) is 8.61. The average molecular weight is 232 g/mol. The molecule has 0 saturated carbocycles. The van der Waals surface area contributed by atoms with Crippen molar-refractivity contribution < 1.29 is 4.74 Å². The van der Waals surface area contributed by atoms with Crippen molar-refractivity contribution in [3.05, 3.63) is 28.8 Å². The first-order valence-corrected chi connectivity index (χ1v) is 5.78. The lowest BCUT2D eigenvalue weighted by Gasteiger charge is -2.16. The third kappa shape index (κ3) is 3.76. The van der Waals surface area contributed by atoms with Crippen LogP contribution in [0, 0.1) is 25.2 Å². The standard InChI is InChI=1S/C14H20N2O/c1-11-9-12(2)13(14(10-11)17-4)5-7-16(3)8-6-15/h9-10H,5,7-8H2,1-4H3. The Morgan fingerprint density at radius 1 is 1.35 bits per heavy atom. The molecule has 0 bridgehead atoms. The smallest absolute Gasteiger partial charge is 0.122 e. The van der Waals surface area contributed by atoms with E-state index in [0.29, 0.717) is 6.54 Å². The van der Waals surface area contributed by atoms with Crippen molar-refractivity contribution in [1.82, 2.24) is 4.90 Å². The van der Waals surface area contributed by atoms with Crippen molar-refractivity contribution in [2.75, 3.05) is 27.2 Å². The molecule has 0 unspecified atom stereocenters. The van der Waals surface area contributed by atoms with Gasteiger partial charge in [-0.05, 0) is 50.1 Å². The Morgan fingerprint density at radius 3 is 2.65 bits per heavy atom. The van der Waals surface area contributed by atoms with Crippen LogP contribution in [-0.2, 0) is 6.42 Å². The third-order valence-electron chi connectivity index (χ3n) is 2.88. The Kier molecular flexibility index (Phi) is 4.99. The van der Waals surface area contributed by atoms with Crippen molar-refractivity contribution in [2.24, 2.45) is 0 Å². The van der Waals surface area contributed by atoms with E-state index in [-0.39, 0.29) is 0 Å². The first-order valence-electron chi connectivity index (χ1n) is 5.78. The van der Waals surface area contributed by atoms with E-state index in [1.165, 1.54) is 16.7 Å². The summed E-state index contributed by atoms with van der Waals surface area (Å²) in [5.74, 6) is 0.952. The summed E-state index contributed by atoms with van der Waals surface area (Å²) in [6.45, 7) is 5.51. The first kappa shape index (κ1) is 13.5. The third-order valence-corrected chi connectivity index (χ3v) is 2.88. The minimum atomic E-state index is 0.466. The first-order chi connectivity index (χ1) is 8.08. The molecule has 0 heterocycles. The Morgan fingerprint density at radius 2 is 2.06 bits per heavy atom. The highest BCUT2D eigenvalue weighted by Gasteiger charge is 2.08. The number of aryl methyl sites for hydroxylation is 2. The minimum absolute atomic E-state index is 0.466. The van der Waals surface area contributed by atoms with Crippen molar-refractivity contribution in [2.45, 2.75) is 20.3 Å². The molecule has 1 aromatic rings. The fourth-order valence-corrected chi connectivity index (χ4v) is 1.96. The molecular weight excluding hydrogens is 212 g/mol. The van der Waals surface area contributed by atoms with Crippen LogP contribution in [0.2, 0.25) is 0 Å². The van der Waals surface area contributed by atoms with Gasteiger partial charge in [-0.3, -0.25) is 4.90 Å². The summed E-state index contributed by atoms with van der Waals surface area (Å²) < 4.78 is 5.42. The number of likely N-dealkylation sites (N-methyl/N-ethyl adjacent to an activating group) is 1. The Bertz CT molecular complexity index is 421. The maximum absolute atomic E-state index is 8.61. The molecule has 0 N–H and O–H groups in total. The lowest BCUT2D eigenvalue weighted by Crippen LogP contribution is -2.21. The predicted octanol–water partition coefficient (Wildman–Crippen LogP) is 2.31. The van der Waals surface area contributed by atoms with E-state index in [4.69, 9.17) is 10.00 Å². The predicted molar refractivity (Wildman–Crippen MR) is 69.3 cm³/mol. The summed E-state index contributed by atoms with van der Waals surface area (Å²) in [5.41, 5.74) is 3.71. The summed E-state index contributed by atoms with van der Waals surface area (Å²) >= 11 is 0. The molecule has 3 nitrogen and oxygen atoms in total. The van der Waals surface area contributed by atoms with Gasteiger partial charge < -0.3 is 4.74 Å². The highest BCUT2D eigenvalue weighted by Crippen LogP contribution is 2.24. The lowest BCUT2D eigenvalue weighted by atomic mass is 10.0. The van der Waals surface area contributed by atoms with E-state index in [1.54, 1.807) is 7.11 Å². The van der Waals surface area contributed by atoms with Gasteiger partial charge in [0.2, 0.25) is 0 Å². The molecule has 1 aromatic carbocycles. The van der Waals surface area contributed by atoms with Gasteiger partial charge in [0.15, 0.2) is 0 Å². The van der Waals surface area contributed by atoms with Crippen molar-refractivity contribution in [1.29, 1.82) is 5.26 Å². The number of hydrogen-bond donors (Lipinski definition) is 0. The van der Waals surface area contributed by atoms with E-state index in [9.17, 15) is 0 Å². The molecule has 0 aromatic heterocycles. The Hall–Kier alpha value is -1.53. The highest BCUT2D eigenvalue weighted by atomic mass is 16.5. The van der Waals surface area contributed by atoms with Gasteiger partial charge in [-0.15, -0.1) is 0 Å². The fourth-order valence-electron chi connectivity index (χ4n) is 1.96. The van der Waals surface area contributed by atoms with Crippen LogP contribution in [0.25, 0.3) is 0 Å². The van der Waals surface area contributed by atoms with Gasteiger partial charge in [-0.2, -0.15) is 5.26 Å². The molecule has 0 fully saturated rings. The van der Waals surface area contributed by atoms with E-state index in [2.05, 4.69) is 32.0 Å².